The fourth-order valence-electron chi connectivity index (χ4n) is 2.88. The van der Waals surface area contributed by atoms with Gasteiger partial charge >= 0.3 is 0 Å². The molecule has 12 heteroatoms. The van der Waals surface area contributed by atoms with Gasteiger partial charge < -0.3 is 5.32 Å². The third-order valence-electron chi connectivity index (χ3n) is 4.47. The van der Waals surface area contributed by atoms with Crippen LogP contribution in [0.3, 0.4) is 0 Å². The van der Waals surface area contributed by atoms with Crippen molar-refractivity contribution < 1.29 is 18.1 Å². The molecular weight excluding hydrogens is 513 g/mol. The Bertz CT molecular complexity index is 1300. The molecule has 8 nitrogen and oxygen atoms in total. The number of halogens is 3. The Morgan fingerprint density at radius 2 is 1.64 bits per heavy atom. The highest BCUT2D eigenvalue weighted by molar-refractivity contribution is 7.89. The first kappa shape index (κ1) is 24.9. The maximum atomic E-state index is 13.3. The van der Waals surface area contributed by atoms with Crippen molar-refractivity contribution >= 4 is 62.1 Å². The summed E-state index contributed by atoms with van der Waals surface area (Å²) in [5.74, 6) is -0.696. The van der Waals surface area contributed by atoms with E-state index in [0.717, 1.165) is 4.31 Å². The number of nitro benzene ring substituents is 1. The Labute approximate surface area is 204 Å². The molecule has 0 unspecified atom stereocenters. The molecule has 3 aromatic rings. The molecule has 0 aliphatic rings. The van der Waals surface area contributed by atoms with E-state index in [4.69, 9.17) is 34.8 Å². The zero-order chi connectivity index (χ0) is 24.2. The number of hydrogen-bond acceptors (Lipinski definition) is 5. The number of amides is 1. The van der Waals surface area contributed by atoms with Gasteiger partial charge in [0.1, 0.15) is 0 Å². The largest absolute Gasteiger partial charge is 0.325 e. The molecule has 0 bridgehead atoms. The summed E-state index contributed by atoms with van der Waals surface area (Å²) in [6, 6.07) is 15.4. The van der Waals surface area contributed by atoms with Crippen molar-refractivity contribution in [3.63, 3.8) is 0 Å². The van der Waals surface area contributed by atoms with Crippen molar-refractivity contribution in [2.45, 2.75) is 11.4 Å². The summed E-state index contributed by atoms with van der Waals surface area (Å²) in [5.41, 5.74) is 0.371. The highest BCUT2D eigenvalue weighted by atomic mass is 35.5. The summed E-state index contributed by atoms with van der Waals surface area (Å²) in [5, 5.41) is 14.4. The fraction of sp³-hybridized carbons (Fsp3) is 0.0952. The summed E-state index contributed by atoms with van der Waals surface area (Å²) in [6.07, 6.45) is 0. The molecule has 33 heavy (non-hydrogen) atoms. The van der Waals surface area contributed by atoms with Crippen molar-refractivity contribution in [2.24, 2.45) is 0 Å². The summed E-state index contributed by atoms with van der Waals surface area (Å²) in [4.78, 5) is 23.0. The van der Waals surface area contributed by atoms with Crippen LogP contribution in [-0.2, 0) is 21.4 Å². The monoisotopic (exact) mass is 527 g/mol. The van der Waals surface area contributed by atoms with Gasteiger partial charge in [0.15, 0.2) is 0 Å². The van der Waals surface area contributed by atoms with Gasteiger partial charge in [-0.1, -0.05) is 46.9 Å². The molecule has 0 atom stereocenters. The SMILES string of the molecule is O=C(CN(Cc1ccc(Cl)cc1Cl)S(=O)(=O)c1ccc(Cl)cc1)Nc1cccc([N+](=O)[O-])c1. The van der Waals surface area contributed by atoms with Crippen LogP contribution in [0, 0.1) is 10.1 Å². The molecule has 3 aromatic carbocycles. The predicted octanol–water partition coefficient (Wildman–Crippen LogP) is 5.38. The van der Waals surface area contributed by atoms with Gasteiger partial charge in [-0.15, -0.1) is 0 Å². The van der Waals surface area contributed by atoms with E-state index in [0.29, 0.717) is 15.6 Å². The third kappa shape index (κ3) is 6.43. The first-order valence-corrected chi connectivity index (χ1v) is 11.9. The van der Waals surface area contributed by atoms with Gasteiger partial charge in [-0.3, -0.25) is 14.9 Å². The van der Waals surface area contributed by atoms with E-state index in [2.05, 4.69) is 5.32 Å². The maximum absolute atomic E-state index is 13.3. The standard InChI is InChI=1S/C21H16Cl3N3O5S/c22-15-6-8-19(9-7-15)33(31,32)26(12-14-4-5-16(23)10-20(14)24)13-21(28)25-17-2-1-3-18(11-17)27(29)30/h1-11H,12-13H2,(H,25,28). The minimum Gasteiger partial charge on any atom is -0.325 e. The van der Waals surface area contributed by atoms with Crippen LogP contribution >= 0.6 is 34.8 Å². The molecule has 0 saturated carbocycles. The smallest absolute Gasteiger partial charge is 0.271 e. The number of nitrogens with one attached hydrogen (secondary N) is 1. The van der Waals surface area contributed by atoms with E-state index >= 15 is 0 Å². The van der Waals surface area contributed by atoms with Crippen molar-refractivity contribution in [3.05, 3.63) is 97.5 Å². The molecular formula is C21H16Cl3N3O5S. The van der Waals surface area contributed by atoms with Crippen LogP contribution in [0.2, 0.25) is 15.1 Å². The zero-order valence-corrected chi connectivity index (χ0v) is 19.8. The van der Waals surface area contributed by atoms with E-state index in [-0.39, 0.29) is 27.8 Å². The highest BCUT2D eigenvalue weighted by Gasteiger charge is 2.28. The van der Waals surface area contributed by atoms with E-state index in [9.17, 15) is 23.3 Å². The van der Waals surface area contributed by atoms with Crippen LogP contribution in [0.4, 0.5) is 11.4 Å². The molecule has 172 valence electrons. The number of anilines is 1. The van der Waals surface area contributed by atoms with Gasteiger partial charge in [0, 0.05) is 39.4 Å². The number of nitrogens with zero attached hydrogens (tertiary/aromatic N) is 2. The molecule has 0 heterocycles. The van der Waals surface area contributed by atoms with Crippen LogP contribution in [-0.4, -0.2) is 30.1 Å². The van der Waals surface area contributed by atoms with Crippen molar-refractivity contribution in [2.75, 3.05) is 11.9 Å². The van der Waals surface area contributed by atoms with Gasteiger partial charge in [0.05, 0.1) is 16.4 Å². The highest BCUT2D eigenvalue weighted by Crippen LogP contribution is 2.26. The molecule has 0 aliphatic carbocycles. The minimum atomic E-state index is -4.14. The number of rotatable bonds is 8. The lowest BCUT2D eigenvalue weighted by Gasteiger charge is -2.22. The zero-order valence-electron chi connectivity index (χ0n) is 16.7. The first-order chi connectivity index (χ1) is 15.6. The lowest BCUT2D eigenvalue weighted by atomic mass is 10.2. The van der Waals surface area contributed by atoms with Crippen LogP contribution in [0.5, 0.6) is 0 Å². The molecule has 1 N–H and O–H groups in total. The van der Waals surface area contributed by atoms with Gasteiger partial charge in [-0.05, 0) is 48.0 Å². The minimum absolute atomic E-state index is 0.0693. The van der Waals surface area contributed by atoms with E-state index < -0.39 is 27.4 Å². The molecule has 0 aromatic heterocycles. The second-order valence-corrected chi connectivity index (χ2v) is 10.0. The van der Waals surface area contributed by atoms with Crippen LogP contribution in [0.15, 0.2) is 71.6 Å². The summed E-state index contributed by atoms with van der Waals surface area (Å²) >= 11 is 18.0. The Kier molecular flexibility index (Phi) is 7.93. The molecule has 0 radical (unpaired) electrons. The Morgan fingerprint density at radius 3 is 2.27 bits per heavy atom. The average molecular weight is 529 g/mol. The number of sulfonamides is 1. The summed E-state index contributed by atoms with van der Waals surface area (Å²) < 4.78 is 27.5. The second-order valence-electron chi connectivity index (χ2n) is 6.82. The predicted molar refractivity (Wildman–Crippen MR) is 127 cm³/mol. The first-order valence-electron chi connectivity index (χ1n) is 9.30. The quantitative estimate of drug-likeness (QED) is 0.312. The molecule has 0 saturated heterocycles. The van der Waals surface area contributed by atoms with Gasteiger partial charge in [-0.25, -0.2) is 8.42 Å². The fourth-order valence-corrected chi connectivity index (χ4v) is 4.85. The van der Waals surface area contributed by atoms with Gasteiger partial charge in [-0.2, -0.15) is 4.31 Å². The second kappa shape index (κ2) is 10.5. The molecule has 0 fully saturated rings. The van der Waals surface area contributed by atoms with Crippen molar-refractivity contribution in [3.8, 4) is 0 Å². The lowest BCUT2D eigenvalue weighted by Crippen LogP contribution is -2.37. The van der Waals surface area contributed by atoms with Crippen LogP contribution < -0.4 is 5.32 Å². The molecule has 3 rings (SSSR count). The number of benzene rings is 3. The van der Waals surface area contributed by atoms with E-state index in [1.54, 1.807) is 12.1 Å². The summed E-state index contributed by atoms with van der Waals surface area (Å²) in [6.45, 7) is -0.796. The number of nitro groups is 1. The van der Waals surface area contributed by atoms with Gasteiger partial charge in [0.25, 0.3) is 5.69 Å². The molecule has 0 aliphatic heterocycles. The number of non-ortho nitro benzene ring substituents is 1. The Morgan fingerprint density at radius 1 is 0.970 bits per heavy atom. The number of carbonyl (C=O) groups excluding carboxylic acids is 1. The van der Waals surface area contributed by atoms with Crippen molar-refractivity contribution in [1.82, 2.24) is 4.31 Å². The average Bonchev–Trinajstić information content (AvgIpc) is 2.75. The Balaban J connectivity index is 1.90. The van der Waals surface area contributed by atoms with Crippen molar-refractivity contribution in [1.29, 1.82) is 0 Å². The molecule has 0 spiro atoms. The number of hydrogen-bond donors (Lipinski definition) is 1. The van der Waals surface area contributed by atoms with E-state index in [1.165, 1.54) is 54.6 Å². The Hall–Kier alpha value is -2.69. The normalized spacial score (nSPS) is 11.4. The lowest BCUT2D eigenvalue weighted by molar-refractivity contribution is -0.384. The maximum Gasteiger partial charge on any atom is 0.271 e. The molecule has 1 amide bonds. The van der Waals surface area contributed by atoms with E-state index in [1.807, 2.05) is 0 Å². The third-order valence-corrected chi connectivity index (χ3v) is 7.12. The van der Waals surface area contributed by atoms with Crippen LogP contribution in [0.1, 0.15) is 5.56 Å². The van der Waals surface area contributed by atoms with Gasteiger partial charge in [0.2, 0.25) is 15.9 Å². The number of carbonyl (C=O) groups is 1. The summed E-state index contributed by atoms with van der Waals surface area (Å²) in [7, 11) is -4.14. The topological polar surface area (TPSA) is 110 Å². The van der Waals surface area contributed by atoms with Crippen LogP contribution in [0.25, 0.3) is 0 Å².